The van der Waals surface area contributed by atoms with Gasteiger partial charge in [0.05, 0.1) is 0 Å². The number of aliphatic hydroxyl groups is 1. The first kappa shape index (κ1) is 20.4. The molecule has 0 saturated carbocycles. The lowest BCUT2D eigenvalue weighted by Gasteiger charge is -2.08. The van der Waals surface area contributed by atoms with E-state index in [-0.39, 0.29) is 13.0 Å². The zero-order chi connectivity index (χ0) is 13.1. The normalized spacial score (nSPS) is 12.4. The Bertz CT molecular complexity index is 106. The van der Waals surface area contributed by atoms with Gasteiger partial charge < -0.3 is 25.1 Å². The van der Waals surface area contributed by atoms with Gasteiger partial charge in [-0.1, -0.05) is 0 Å². The van der Waals surface area contributed by atoms with E-state index in [1.54, 1.807) is 0 Å². The molecule has 0 radical (unpaired) electrons. The summed E-state index contributed by atoms with van der Waals surface area (Å²) in [4.78, 5) is 17.9. The van der Waals surface area contributed by atoms with Gasteiger partial charge in [-0.25, -0.2) is 0 Å². The van der Waals surface area contributed by atoms with Crippen LogP contribution in [0.1, 0.15) is 19.3 Å². The summed E-state index contributed by atoms with van der Waals surface area (Å²) in [5, 5.41) is 7.00. The summed E-state index contributed by atoms with van der Waals surface area (Å²) < 4.78 is 9.39. The quantitative estimate of drug-likeness (QED) is 0.644. The van der Waals surface area contributed by atoms with E-state index >= 15 is 0 Å². The van der Waals surface area contributed by atoms with E-state index in [9.17, 15) is 4.79 Å². The summed E-state index contributed by atoms with van der Waals surface area (Å²) in [6.07, 6.45) is 4.89. The molecule has 1 aliphatic heterocycles. The monoisotopic (exact) mass is 237 g/mol. The fourth-order valence-electron chi connectivity index (χ4n) is 0.755. The van der Waals surface area contributed by atoms with Gasteiger partial charge in [0.25, 0.3) is 0 Å². The van der Waals surface area contributed by atoms with Crippen LogP contribution in [0.25, 0.3) is 0 Å². The Morgan fingerprint density at radius 1 is 1.25 bits per heavy atom. The molecule has 6 heteroatoms. The second kappa shape index (κ2) is 29.2. The molecule has 0 atom stereocenters. The summed E-state index contributed by atoms with van der Waals surface area (Å²) >= 11 is 0. The van der Waals surface area contributed by atoms with Crippen molar-refractivity contribution < 1.29 is 24.2 Å². The van der Waals surface area contributed by atoms with E-state index < -0.39 is 0 Å². The summed E-state index contributed by atoms with van der Waals surface area (Å²) in [6, 6.07) is 0. The molecule has 1 saturated heterocycles. The maximum atomic E-state index is 9.28. The van der Waals surface area contributed by atoms with Crippen molar-refractivity contribution in [2.24, 2.45) is 5.73 Å². The van der Waals surface area contributed by atoms with Crippen LogP contribution in [0.4, 0.5) is 0 Å². The lowest BCUT2D eigenvalue weighted by Crippen LogP contribution is -2.03. The van der Waals surface area contributed by atoms with Gasteiger partial charge in [-0.3, -0.25) is 4.79 Å². The fraction of sp³-hybridized carbons (Fsp3) is 0.800. The smallest absolute Gasteiger partial charge is 0.204 e. The van der Waals surface area contributed by atoms with E-state index in [2.05, 4.69) is 10.5 Å². The number of aliphatic hydroxyl groups excluding tert-OH is 1. The second-order valence-corrected chi connectivity index (χ2v) is 2.43. The van der Waals surface area contributed by atoms with Crippen LogP contribution in [0, 0.1) is 0 Å². The first-order chi connectivity index (χ1) is 7.83. The minimum absolute atomic E-state index is 0.208. The predicted molar refractivity (Wildman–Crippen MR) is 61.0 cm³/mol. The Morgan fingerprint density at radius 2 is 1.69 bits per heavy atom. The highest BCUT2D eigenvalue weighted by atomic mass is 16.5. The second-order valence-electron chi connectivity index (χ2n) is 2.43. The number of carbonyl (C=O) groups is 2. The minimum atomic E-state index is 0.208. The minimum Gasteiger partial charge on any atom is -0.400 e. The maximum absolute atomic E-state index is 9.28. The maximum Gasteiger partial charge on any atom is 0.204 e. The van der Waals surface area contributed by atoms with Gasteiger partial charge in [-0.05, 0) is 19.3 Å². The van der Waals surface area contributed by atoms with E-state index in [4.69, 9.17) is 14.6 Å². The van der Waals surface area contributed by atoms with E-state index in [1.807, 2.05) is 0 Å². The number of rotatable bonds is 2. The lowest BCUT2D eigenvalue weighted by molar-refractivity contribution is -0.111. The number of carbonyl (C=O) groups excluding carboxylic acids is 2. The molecule has 16 heavy (non-hydrogen) atoms. The molecule has 1 aliphatic rings. The summed E-state index contributed by atoms with van der Waals surface area (Å²) in [7, 11) is 2.48. The van der Waals surface area contributed by atoms with Crippen molar-refractivity contribution in [2.75, 3.05) is 34.0 Å². The van der Waals surface area contributed by atoms with E-state index in [1.165, 1.54) is 26.4 Å². The third-order valence-corrected chi connectivity index (χ3v) is 1.31. The van der Waals surface area contributed by atoms with Crippen molar-refractivity contribution in [2.45, 2.75) is 19.3 Å². The summed E-state index contributed by atoms with van der Waals surface area (Å²) in [5.41, 5.74) is 4.17. The van der Waals surface area contributed by atoms with Crippen molar-refractivity contribution in [3.8, 4) is 0 Å². The van der Waals surface area contributed by atoms with Gasteiger partial charge >= 0.3 is 0 Å². The van der Waals surface area contributed by atoms with Gasteiger partial charge in [-0.2, -0.15) is 0 Å². The highest BCUT2D eigenvalue weighted by molar-refractivity contribution is 5.50. The highest BCUT2D eigenvalue weighted by Crippen LogP contribution is 2.02. The number of primary amides is 1. The first-order valence-electron chi connectivity index (χ1n) is 4.93. The summed E-state index contributed by atoms with van der Waals surface area (Å²) in [6.45, 7) is 2.21. The highest BCUT2D eigenvalue weighted by Gasteiger charge is 1.94. The number of nitrogens with two attached hydrogens (primary N) is 1. The predicted octanol–water partition coefficient (Wildman–Crippen LogP) is -0.271. The molecule has 0 aliphatic carbocycles. The van der Waals surface area contributed by atoms with Crippen molar-refractivity contribution in [3.63, 3.8) is 0 Å². The van der Waals surface area contributed by atoms with Crippen LogP contribution in [0.2, 0.25) is 0 Å². The third kappa shape index (κ3) is 38.2. The van der Waals surface area contributed by atoms with Crippen LogP contribution < -0.4 is 5.73 Å². The molecular formula is C10H23NO5. The molecule has 0 aromatic rings. The van der Waals surface area contributed by atoms with Crippen molar-refractivity contribution in [3.05, 3.63) is 0 Å². The van der Waals surface area contributed by atoms with Crippen LogP contribution in [0.3, 0.4) is 0 Å². The van der Waals surface area contributed by atoms with Gasteiger partial charge in [0.1, 0.15) is 12.9 Å². The molecule has 1 rings (SSSR count). The van der Waals surface area contributed by atoms with Gasteiger partial charge in [0, 0.05) is 27.4 Å². The standard InChI is InChI=1S/C5H10O.C3H6O2.CH3NO.CH4O/c1-2-4-6-5-3-1;1-5-3-2-4;2-1-3;1-2/h1-5H2;2H,3H2,1H3;1H,(H2,2,3);2H,1H3. The van der Waals surface area contributed by atoms with E-state index in [0.29, 0.717) is 6.29 Å². The molecule has 0 aromatic heterocycles. The molecule has 6 nitrogen and oxygen atoms in total. The Balaban J connectivity index is -0.000000155. The fourth-order valence-corrected chi connectivity index (χ4v) is 0.755. The molecule has 1 amide bonds. The van der Waals surface area contributed by atoms with Crippen molar-refractivity contribution >= 4 is 12.7 Å². The molecule has 0 unspecified atom stereocenters. The van der Waals surface area contributed by atoms with E-state index in [0.717, 1.165) is 20.3 Å². The molecule has 0 spiro atoms. The van der Waals surface area contributed by atoms with Crippen LogP contribution in [-0.2, 0) is 19.1 Å². The topological polar surface area (TPSA) is 98.8 Å². The summed E-state index contributed by atoms with van der Waals surface area (Å²) in [5.74, 6) is 0. The number of hydrogen-bond donors (Lipinski definition) is 2. The van der Waals surface area contributed by atoms with Gasteiger partial charge in [0.2, 0.25) is 6.41 Å². The Labute approximate surface area is 96.7 Å². The molecule has 98 valence electrons. The number of hydrogen-bond acceptors (Lipinski definition) is 5. The lowest BCUT2D eigenvalue weighted by atomic mass is 10.2. The molecular weight excluding hydrogens is 214 g/mol. The average Bonchev–Trinajstić information content (AvgIpc) is 2.37. The molecule has 1 heterocycles. The largest absolute Gasteiger partial charge is 0.400 e. The van der Waals surface area contributed by atoms with Crippen LogP contribution in [0.15, 0.2) is 0 Å². The average molecular weight is 237 g/mol. The number of methoxy groups -OCH3 is 1. The van der Waals surface area contributed by atoms with Crippen LogP contribution >= 0.6 is 0 Å². The Hall–Kier alpha value is -0.980. The molecule has 0 aromatic carbocycles. The van der Waals surface area contributed by atoms with Crippen LogP contribution in [0.5, 0.6) is 0 Å². The first-order valence-corrected chi connectivity index (χ1v) is 4.93. The zero-order valence-electron chi connectivity index (χ0n) is 10.1. The van der Waals surface area contributed by atoms with Gasteiger partial charge in [-0.15, -0.1) is 0 Å². The number of aldehydes is 1. The SMILES string of the molecule is C1CCOCC1.CO.COCC=O.NC=O. The number of amides is 1. The Kier molecular flexibility index (Phi) is 37.3. The van der Waals surface area contributed by atoms with Crippen LogP contribution in [-0.4, -0.2) is 51.8 Å². The third-order valence-electron chi connectivity index (χ3n) is 1.31. The molecule has 3 N–H and O–H groups in total. The molecule has 0 bridgehead atoms. The molecule has 1 fully saturated rings. The zero-order valence-corrected chi connectivity index (χ0v) is 10.1. The Morgan fingerprint density at radius 3 is 1.75 bits per heavy atom. The van der Waals surface area contributed by atoms with Crippen molar-refractivity contribution in [1.29, 1.82) is 0 Å². The van der Waals surface area contributed by atoms with Gasteiger partial charge in [0.15, 0.2) is 0 Å². The van der Waals surface area contributed by atoms with Crippen molar-refractivity contribution in [1.82, 2.24) is 0 Å². The number of ether oxygens (including phenoxy) is 2.